The Balaban J connectivity index is 1.43. The zero-order chi connectivity index (χ0) is 20.3. The summed E-state index contributed by atoms with van der Waals surface area (Å²) in [5.74, 6) is 2.22. The molecule has 0 radical (unpaired) electrons. The van der Waals surface area contributed by atoms with Gasteiger partial charge in [-0.25, -0.2) is 4.98 Å². The highest BCUT2D eigenvalue weighted by Gasteiger charge is 2.21. The van der Waals surface area contributed by atoms with Gasteiger partial charge in [0.05, 0.1) is 18.1 Å². The summed E-state index contributed by atoms with van der Waals surface area (Å²) >= 11 is 0. The van der Waals surface area contributed by atoms with E-state index in [1.165, 1.54) is 37.7 Å². The van der Waals surface area contributed by atoms with E-state index >= 15 is 0 Å². The summed E-state index contributed by atoms with van der Waals surface area (Å²) in [5.41, 5.74) is 3.21. The monoisotopic (exact) mass is 403 g/mol. The van der Waals surface area contributed by atoms with E-state index in [1.54, 1.807) is 6.20 Å². The number of nitrogens with one attached hydrogen (secondary N) is 1. The number of anilines is 3. The molecule has 0 amide bonds. The lowest BCUT2D eigenvalue weighted by Crippen LogP contribution is -2.42. The van der Waals surface area contributed by atoms with Crippen LogP contribution >= 0.6 is 0 Å². The molecule has 2 aliphatic rings. The number of fused-ring (bicyclic) bond motifs is 1. The van der Waals surface area contributed by atoms with Gasteiger partial charge < -0.3 is 15.0 Å². The number of morpholine rings is 1. The summed E-state index contributed by atoms with van der Waals surface area (Å²) in [6.07, 6.45) is 8.68. The molecule has 3 heterocycles. The Morgan fingerprint density at radius 2 is 1.87 bits per heavy atom. The van der Waals surface area contributed by atoms with Gasteiger partial charge in [-0.2, -0.15) is 9.97 Å². The zero-order valence-corrected chi connectivity index (χ0v) is 17.6. The molecule has 2 fully saturated rings. The summed E-state index contributed by atoms with van der Waals surface area (Å²) in [6.45, 7) is 4.35. The SMILES string of the molecule is CC1CN(c2nc(Nc3ccc(C4CCCCC4)cc3)c3cccnc3n2)CCO1. The summed E-state index contributed by atoms with van der Waals surface area (Å²) in [4.78, 5) is 16.3. The Labute approximate surface area is 177 Å². The topological polar surface area (TPSA) is 63.2 Å². The van der Waals surface area contributed by atoms with E-state index in [2.05, 4.69) is 46.4 Å². The fourth-order valence-electron chi connectivity index (χ4n) is 4.60. The van der Waals surface area contributed by atoms with Crippen molar-refractivity contribution in [2.45, 2.75) is 51.0 Å². The molecular formula is C24H29N5O. The van der Waals surface area contributed by atoms with Gasteiger partial charge in [0.1, 0.15) is 5.82 Å². The minimum absolute atomic E-state index is 0.172. The van der Waals surface area contributed by atoms with Gasteiger partial charge in [0.2, 0.25) is 5.95 Å². The first-order valence-electron chi connectivity index (χ1n) is 11.1. The number of hydrogen-bond donors (Lipinski definition) is 1. The predicted molar refractivity (Wildman–Crippen MR) is 121 cm³/mol. The van der Waals surface area contributed by atoms with Gasteiger partial charge in [-0.15, -0.1) is 0 Å². The molecule has 1 saturated carbocycles. The maximum absolute atomic E-state index is 5.68. The largest absolute Gasteiger partial charge is 0.375 e. The molecule has 6 nitrogen and oxygen atoms in total. The van der Waals surface area contributed by atoms with Crippen LogP contribution in [-0.2, 0) is 4.74 Å². The lowest BCUT2D eigenvalue weighted by atomic mass is 9.84. The average Bonchev–Trinajstić information content (AvgIpc) is 2.80. The zero-order valence-electron chi connectivity index (χ0n) is 17.6. The molecule has 1 atom stereocenters. The van der Waals surface area contributed by atoms with Crippen LogP contribution in [-0.4, -0.2) is 40.8 Å². The molecular weight excluding hydrogens is 374 g/mol. The molecule has 5 rings (SSSR count). The predicted octanol–water partition coefficient (Wildman–Crippen LogP) is 5.04. The van der Waals surface area contributed by atoms with Gasteiger partial charge in [-0.3, -0.25) is 0 Å². The normalized spacial score (nSPS) is 20.4. The second kappa shape index (κ2) is 8.56. The van der Waals surface area contributed by atoms with Crippen LogP contribution in [0.4, 0.5) is 17.5 Å². The average molecular weight is 404 g/mol. The van der Waals surface area contributed by atoms with Gasteiger partial charge in [-0.1, -0.05) is 31.4 Å². The molecule has 6 heteroatoms. The van der Waals surface area contributed by atoms with E-state index in [0.29, 0.717) is 24.1 Å². The van der Waals surface area contributed by atoms with Crippen molar-refractivity contribution in [2.75, 3.05) is 29.9 Å². The molecule has 0 spiro atoms. The van der Waals surface area contributed by atoms with Crippen molar-refractivity contribution in [1.82, 2.24) is 15.0 Å². The maximum atomic E-state index is 5.68. The van der Waals surface area contributed by atoms with Gasteiger partial charge in [0, 0.05) is 25.0 Å². The van der Waals surface area contributed by atoms with Crippen molar-refractivity contribution in [3.63, 3.8) is 0 Å². The van der Waals surface area contributed by atoms with Crippen LogP contribution < -0.4 is 10.2 Å². The van der Waals surface area contributed by atoms with E-state index in [0.717, 1.165) is 30.0 Å². The highest BCUT2D eigenvalue weighted by Crippen LogP contribution is 2.33. The van der Waals surface area contributed by atoms with Gasteiger partial charge >= 0.3 is 0 Å². The molecule has 2 aromatic heterocycles. The molecule has 1 unspecified atom stereocenters. The second-order valence-corrected chi connectivity index (χ2v) is 8.46. The Bertz CT molecular complexity index is 1000. The van der Waals surface area contributed by atoms with Crippen LogP contribution in [0.5, 0.6) is 0 Å². The standard InChI is InChI=1S/C24H29N5O/c1-17-16-29(14-15-30-17)24-27-22-21(8-5-13-25-22)23(28-24)26-20-11-9-19(10-12-20)18-6-3-2-4-7-18/h5,8-13,17-18H,2-4,6-7,14-16H2,1H3,(H,25,26,27,28). The van der Waals surface area contributed by atoms with Crippen LogP contribution in [0.3, 0.4) is 0 Å². The number of nitrogens with zero attached hydrogens (tertiary/aromatic N) is 4. The number of pyridine rings is 1. The van der Waals surface area contributed by atoms with E-state index < -0.39 is 0 Å². The first-order valence-corrected chi connectivity index (χ1v) is 11.1. The Kier molecular flexibility index (Phi) is 5.49. The Hall–Kier alpha value is -2.73. The third-order valence-corrected chi connectivity index (χ3v) is 6.23. The lowest BCUT2D eigenvalue weighted by molar-refractivity contribution is 0.0526. The third-order valence-electron chi connectivity index (χ3n) is 6.23. The summed E-state index contributed by atoms with van der Waals surface area (Å²) < 4.78 is 5.68. The van der Waals surface area contributed by atoms with Crippen molar-refractivity contribution < 1.29 is 4.74 Å². The summed E-state index contributed by atoms with van der Waals surface area (Å²) in [5, 5.41) is 4.45. The van der Waals surface area contributed by atoms with Crippen LogP contribution in [0, 0.1) is 0 Å². The molecule has 30 heavy (non-hydrogen) atoms. The molecule has 1 aliphatic carbocycles. The van der Waals surface area contributed by atoms with Crippen molar-refractivity contribution >= 4 is 28.5 Å². The lowest BCUT2D eigenvalue weighted by Gasteiger charge is -2.31. The van der Waals surface area contributed by atoms with Crippen molar-refractivity contribution in [3.8, 4) is 0 Å². The number of benzene rings is 1. The number of ether oxygens (including phenoxy) is 1. The molecule has 156 valence electrons. The van der Waals surface area contributed by atoms with Gasteiger partial charge in [-0.05, 0) is 55.5 Å². The minimum Gasteiger partial charge on any atom is -0.375 e. The first kappa shape index (κ1) is 19.2. The fraction of sp³-hybridized carbons (Fsp3) is 0.458. The first-order chi connectivity index (χ1) is 14.8. The van der Waals surface area contributed by atoms with Crippen LogP contribution in [0.25, 0.3) is 11.0 Å². The number of rotatable bonds is 4. The summed E-state index contributed by atoms with van der Waals surface area (Å²) in [6, 6.07) is 12.8. The van der Waals surface area contributed by atoms with Crippen molar-refractivity contribution in [1.29, 1.82) is 0 Å². The quantitative estimate of drug-likeness (QED) is 0.658. The van der Waals surface area contributed by atoms with E-state index in [4.69, 9.17) is 14.7 Å². The molecule has 1 saturated heterocycles. The van der Waals surface area contributed by atoms with Crippen molar-refractivity contribution in [2.24, 2.45) is 0 Å². The molecule has 1 N–H and O–H groups in total. The highest BCUT2D eigenvalue weighted by atomic mass is 16.5. The maximum Gasteiger partial charge on any atom is 0.229 e. The minimum atomic E-state index is 0.172. The Morgan fingerprint density at radius 1 is 1.03 bits per heavy atom. The van der Waals surface area contributed by atoms with Gasteiger partial charge in [0.25, 0.3) is 0 Å². The van der Waals surface area contributed by atoms with Crippen molar-refractivity contribution in [3.05, 3.63) is 48.2 Å². The van der Waals surface area contributed by atoms with Crippen LogP contribution in [0.2, 0.25) is 0 Å². The molecule has 0 bridgehead atoms. The molecule has 3 aromatic rings. The van der Waals surface area contributed by atoms with E-state index in [1.807, 2.05) is 12.1 Å². The second-order valence-electron chi connectivity index (χ2n) is 8.46. The highest BCUT2D eigenvalue weighted by molar-refractivity contribution is 5.89. The number of hydrogen-bond acceptors (Lipinski definition) is 6. The van der Waals surface area contributed by atoms with E-state index in [9.17, 15) is 0 Å². The smallest absolute Gasteiger partial charge is 0.229 e. The van der Waals surface area contributed by atoms with Crippen LogP contribution in [0.15, 0.2) is 42.6 Å². The summed E-state index contributed by atoms with van der Waals surface area (Å²) in [7, 11) is 0. The number of aromatic nitrogens is 3. The Morgan fingerprint density at radius 3 is 2.67 bits per heavy atom. The molecule has 1 aliphatic heterocycles. The molecule has 1 aromatic carbocycles. The third kappa shape index (κ3) is 4.10. The van der Waals surface area contributed by atoms with Crippen LogP contribution in [0.1, 0.15) is 50.5 Å². The van der Waals surface area contributed by atoms with Gasteiger partial charge in [0.15, 0.2) is 5.65 Å². The van der Waals surface area contributed by atoms with E-state index in [-0.39, 0.29) is 6.10 Å². The fourth-order valence-corrected chi connectivity index (χ4v) is 4.60.